The van der Waals surface area contributed by atoms with E-state index in [1.807, 2.05) is 24.3 Å². The summed E-state index contributed by atoms with van der Waals surface area (Å²) >= 11 is 0. The minimum atomic E-state index is -0.884. The first-order chi connectivity index (χ1) is 10.6. The van der Waals surface area contributed by atoms with Gasteiger partial charge in [0.1, 0.15) is 18.5 Å². The average Bonchev–Trinajstić information content (AvgIpc) is 2.59. The van der Waals surface area contributed by atoms with E-state index >= 15 is 0 Å². The Kier molecular flexibility index (Phi) is 5.52. The summed E-state index contributed by atoms with van der Waals surface area (Å²) in [5.74, 6) is 0.250. The van der Waals surface area contributed by atoms with Crippen LogP contribution < -0.4 is 4.74 Å². The number of hydrogen-bond donors (Lipinski definition) is 2. The highest BCUT2D eigenvalue weighted by molar-refractivity contribution is 5.89. The molecule has 22 heavy (non-hydrogen) atoms. The second kappa shape index (κ2) is 7.59. The molecule has 0 heterocycles. The molecule has 0 aliphatic heterocycles. The predicted molar refractivity (Wildman–Crippen MR) is 81.8 cm³/mol. The molecule has 0 saturated heterocycles. The zero-order valence-electron chi connectivity index (χ0n) is 12.2. The third-order valence-electron chi connectivity index (χ3n) is 3.15. The maximum absolute atomic E-state index is 11.4. The summed E-state index contributed by atoms with van der Waals surface area (Å²) in [6.45, 7) is -0.283. The van der Waals surface area contributed by atoms with E-state index < -0.39 is 6.10 Å². The molecule has 0 aromatic heterocycles. The first kappa shape index (κ1) is 16.0. The lowest BCUT2D eigenvalue weighted by atomic mass is 10.0. The Morgan fingerprint density at radius 3 is 2.09 bits per heavy atom. The van der Waals surface area contributed by atoms with Crippen LogP contribution in [0.5, 0.6) is 5.75 Å². The van der Waals surface area contributed by atoms with Crippen LogP contribution in [-0.4, -0.2) is 42.6 Å². The lowest BCUT2D eigenvalue weighted by Gasteiger charge is -2.10. The molecule has 2 aromatic rings. The largest absolute Gasteiger partial charge is 0.491 e. The van der Waals surface area contributed by atoms with Gasteiger partial charge in [0.15, 0.2) is 0 Å². The highest BCUT2D eigenvalue weighted by Gasteiger charge is 2.06. The van der Waals surface area contributed by atoms with Crippen LogP contribution in [0, 0.1) is 0 Å². The van der Waals surface area contributed by atoms with Crippen LogP contribution in [0.3, 0.4) is 0 Å². The van der Waals surface area contributed by atoms with Crippen molar-refractivity contribution in [3.63, 3.8) is 0 Å². The molecule has 0 radical (unpaired) electrons. The molecule has 5 heteroatoms. The minimum Gasteiger partial charge on any atom is -0.491 e. The molecule has 116 valence electrons. The van der Waals surface area contributed by atoms with Crippen LogP contribution in [0.2, 0.25) is 0 Å². The second-order valence-electron chi connectivity index (χ2n) is 4.74. The highest BCUT2D eigenvalue weighted by Crippen LogP contribution is 2.23. The highest BCUT2D eigenvalue weighted by atomic mass is 16.5. The van der Waals surface area contributed by atoms with Gasteiger partial charge >= 0.3 is 5.97 Å². The summed E-state index contributed by atoms with van der Waals surface area (Å²) in [5.41, 5.74) is 2.45. The smallest absolute Gasteiger partial charge is 0.337 e. The first-order valence-corrected chi connectivity index (χ1v) is 6.84. The van der Waals surface area contributed by atoms with Crippen molar-refractivity contribution in [3.8, 4) is 16.9 Å². The summed E-state index contributed by atoms with van der Waals surface area (Å²) < 4.78 is 10.0. The monoisotopic (exact) mass is 302 g/mol. The molecule has 5 nitrogen and oxygen atoms in total. The van der Waals surface area contributed by atoms with Gasteiger partial charge in [-0.05, 0) is 35.4 Å². The number of hydrogen-bond acceptors (Lipinski definition) is 5. The lowest BCUT2D eigenvalue weighted by molar-refractivity contribution is 0.0536. The summed E-state index contributed by atoms with van der Waals surface area (Å²) in [6, 6.07) is 14.4. The number of rotatable bonds is 6. The Balaban J connectivity index is 2.05. The third-order valence-corrected chi connectivity index (χ3v) is 3.15. The van der Waals surface area contributed by atoms with Crippen molar-refractivity contribution in [3.05, 3.63) is 54.1 Å². The van der Waals surface area contributed by atoms with Gasteiger partial charge in [-0.3, -0.25) is 0 Å². The molecular weight excluding hydrogens is 284 g/mol. The predicted octanol–water partition coefficient (Wildman–Crippen LogP) is 1.87. The van der Waals surface area contributed by atoms with Crippen molar-refractivity contribution in [2.75, 3.05) is 20.3 Å². The Morgan fingerprint density at radius 2 is 1.59 bits per heavy atom. The van der Waals surface area contributed by atoms with Crippen LogP contribution >= 0.6 is 0 Å². The lowest BCUT2D eigenvalue weighted by Crippen LogP contribution is -2.21. The fourth-order valence-electron chi connectivity index (χ4n) is 1.91. The van der Waals surface area contributed by atoms with Gasteiger partial charge < -0.3 is 19.7 Å². The first-order valence-electron chi connectivity index (χ1n) is 6.84. The molecular formula is C17H18O5. The SMILES string of the molecule is COC(=O)c1ccc(-c2ccc(OCC(O)CO)cc2)cc1. The third kappa shape index (κ3) is 4.07. The number of aliphatic hydroxyl groups is 2. The molecule has 0 aliphatic carbocycles. The van der Waals surface area contributed by atoms with Crippen LogP contribution in [0.1, 0.15) is 10.4 Å². The maximum Gasteiger partial charge on any atom is 0.337 e. The zero-order valence-corrected chi connectivity index (χ0v) is 12.2. The van der Waals surface area contributed by atoms with Gasteiger partial charge in [0.2, 0.25) is 0 Å². The van der Waals surface area contributed by atoms with Gasteiger partial charge in [-0.2, -0.15) is 0 Å². The molecule has 0 bridgehead atoms. The van der Waals surface area contributed by atoms with Gasteiger partial charge in [-0.15, -0.1) is 0 Å². The van der Waals surface area contributed by atoms with E-state index in [0.29, 0.717) is 11.3 Å². The van der Waals surface area contributed by atoms with Crippen molar-refractivity contribution in [2.45, 2.75) is 6.10 Å². The van der Waals surface area contributed by atoms with Gasteiger partial charge in [-0.25, -0.2) is 4.79 Å². The van der Waals surface area contributed by atoms with Crippen LogP contribution in [-0.2, 0) is 4.74 Å². The van der Waals surface area contributed by atoms with Gasteiger partial charge in [0.25, 0.3) is 0 Å². The molecule has 0 fully saturated rings. The standard InChI is InChI=1S/C17H18O5/c1-21-17(20)14-4-2-12(3-5-14)13-6-8-16(9-7-13)22-11-15(19)10-18/h2-9,15,18-19H,10-11H2,1H3. The van der Waals surface area contributed by atoms with E-state index in [2.05, 4.69) is 4.74 Å². The van der Waals surface area contributed by atoms with Crippen molar-refractivity contribution in [2.24, 2.45) is 0 Å². The zero-order chi connectivity index (χ0) is 15.9. The van der Waals surface area contributed by atoms with Crippen LogP contribution in [0.25, 0.3) is 11.1 Å². The van der Waals surface area contributed by atoms with Crippen molar-refractivity contribution in [1.29, 1.82) is 0 Å². The number of methoxy groups -OCH3 is 1. The summed E-state index contributed by atoms with van der Waals surface area (Å²) in [6.07, 6.45) is -0.884. The summed E-state index contributed by atoms with van der Waals surface area (Å²) in [7, 11) is 1.35. The van der Waals surface area contributed by atoms with Crippen LogP contribution in [0.15, 0.2) is 48.5 Å². The molecule has 0 saturated carbocycles. The number of benzene rings is 2. The van der Waals surface area contributed by atoms with Crippen molar-refractivity contribution in [1.82, 2.24) is 0 Å². The van der Waals surface area contributed by atoms with E-state index in [4.69, 9.17) is 9.84 Å². The Morgan fingerprint density at radius 1 is 1.05 bits per heavy atom. The quantitative estimate of drug-likeness (QED) is 0.797. The number of esters is 1. The molecule has 2 aromatic carbocycles. The molecule has 0 aliphatic rings. The maximum atomic E-state index is 11.4. The van der Waals surface area contributed by atoms with Crippen molar-refractivity contribution < 1.29 is 24.5 Å². The van der Waals surface area contributed by atoms with Gasteiger partial charge in [-0.1, -0.05) is 24.3 Å². The normalized spacial score (nSPS) is 11.8. The second-order valence-corrected chi connectivity index (χ2v) is 4.74. The van der Waals surface area contributed by atoms with E-state index in [0.717, 1.165) is 11.1 Å². The average molecular weight is 302 g/mol. The Bertz CT molecular complexity index is 604. The minimum absolute atomic E-state index is 0.0453. The van der Waals surface area contributed by atoms with E-state index in [-0.39, 0.29) is 19.2 Å². The molecule has 2 rings (SSSR count). The molecule has 1 unspecified atom stereocenters. The molecule has 1 atom stereocenters. The molecule has 0 amide bonds. The fourth-order valence-corrected chi connectivity index (χ4v) is 1.91. The topological polar surface area (TPSA) is 76.0 Å². The van der Waals surface area contributed by atoms with Crippen molar-refractivity contribution >= 4 is 5.97 Å². The van der Waals surface area contributed by atoms with Gasteiger partial charge in [0.05, 0.1) is 19.3 Å². The number of carbonyl (C=O) groups is 1. The van der Waals surface area contributed by atoms with E-state index in [1.54, 1.807) is 24.3 Å². The number of ether oxygens (including phenoxy) is 2. The molecule has 2 N–H and O–H groups in total. The van der Waals surface area contributed by atoms with E-state index in [9.17, 15) is 9.90 Å². The van der Waals surface area contributed by atoms with Crippen LogP contribution in [0.4, 0.5) is 0 Å². The molecule has 0 spiro atoms. The summed E-state index contributed by atoms with van der Waals surface area (Å²) in [5, 5.41) is 18.0. The fraction of sp³-hybridized carbons (Fsp3) is 0.235. The summed E-state index contributed by atoms with van der Waals surface area (Å²) in [4.78, 5) is 11.4. The Hall–Kier alpha value is -2.37. The van der Waals surface area contributed by atoms with E-state index in [1.165, 1.54) is 7.11 Å². The number of carbonyl (C=O) groups excluding carboxylic acids is 1. The van der Waals surface area contributed by atoms with Gasteiger partial charge in [0, 0.05) is 0 Å². The Labute approximate surface area is 128 Å². The number of aliphatic hydroxyl groups excluding tert-OH is 2.